The molecule has 0 saturated heterocycles. The number of carbonyl (C=O) groups is 1. The maximum Gasteiger partial charge on any atom is 0.262 e. The van der Waals surface area contributed by atoms with Crippen LogP contribution in [0.25, 0.3) is 10.8 Å². The zero-order chi connectivity index (χ0) is 21.1. The number of hydrogen-bond acceptors (Lipinski definition) is 3. The van der Waals surface area contributed by atoms with Crippen LogP contribution in [0, 0.1) is 19.7 Å². The Hall–Kier alpha value is -3.67. The molecule has 1 N–H and O–H groups in total. The van der Waals surface area contributed by atoms with Crippen molar-refractivity contribution in [1.82, 2.24) is 9.78 Å². The van der Waals surface area contributed by atoms with Gasteiger partial charge in [0.25, 0.3) is 5.91 Å². The van der Waals surface area contributed by atoms with Gasteiger partial charge in [0.1, 0.15) is 11.6 Å². The van der Waals surface area contributed by atoms with Gasteiger partial charge < -0.3 is 10.1 Å². The number of hydrogen-bond donors (Lipinski definition) is 1. The molecule has 4 rings (SSSR count). The number of rotatable bonds is 6. The van der Waals surface area contributed by atoms with Crippen molar-refractivity contribution in [3.8, 4) is 5.75 Å². The molecule has 0 atom stereocenters. The van der Waals surface area contributed by atoms with E-state index in [2.05, 4.69) is 10.4 Å². The molecule has 5 nitrogen and oxygen atoms in total. The third kappa shape index (κ3) is 4.17. The SMILES string of the molecule is Cc1nn(Cc2ccccc2F)c(C)c1NC(=O)COc1ccc2ccccc2c1. The third-order valence-electron chi connectivity index (χ3n) is 5.01. The number of halogens is 1. The van der Waals surface area contributed by atoms with Gasteiger partial charge in [0.05, 0.1) is 23.6 Å². The van der Waals surface area contributed by atoms with E-state index in [9.17, 15) is 9.18 Å². The summed E-state index contributed by atoms with van der Waals surface area (Å²) in [5.41, 5.74) is 2.59. The van der Waals surface area contributed by atoms with Gasteiger partial charge in [0.15, 0.2) is 6.61 Å². The van der Waals surface area contributed by atoms with Crippen LogP contribution in [-0.4, -0.2) is 22.3 Å². The Morgan fingerprint density at radius 3 is 2.57 bits per heavy atom. The number of anilines is 1. The normalized spacial score (nSPS) is 10.9. The highest BCUT2D eigenvalue weighted by atomic mass is 19.1. The molecule has 1 aromatic heterocycles. The van der Waals surface area contributed by atoms with Gasteiger partial charge in [-0.15, -0.1) is 0 Å². The van der Waals surface area contributed by atoms with Crippen molar-refractivity contribution in [2.24, 2.45) is 0 Å². The monoisotopic (exact) mass is 403 g/mol. The van der Waals surface area contributed by atoms with E-state index in [1.54, 1.807) is 22.9 Å². The third-order valence-corrected chi connectivity index (χ3v) is 5.01. The van der Waals surface area contributed by atoms with Gasteiger partial charge in [-0.3, -0.25) is 9.48 Å². The smallest absolute Gasteiger partial charge is 0.262 e. The molecule has 1 amide bonds. The van der Waals surface area contributed by atoms with E-state index in [1.807, 2.05) is 56.3 Å². The Bertz CT molecular complexity index is 1220. The minimum absolute atomic E-state index is 0.115. The Kier molecular flexibility index (Phi) is 5.48. The number of fused-ring (bicyclic) bond motifs is 1. The van der Waals surface area contributed by atoms with Gasteiger partial charge in [-0.1, -0.05) is 48.5 Å². The van der Waals surface area contributed by atoms with Crippen molar-refractivity contribution in [2.75, 3.05) is 11.9 Å². The van der Waals surface area contributed by atoms with E-state index in [1.165, 1.54) is 6.07 Å². The average molecular weight is 403 g/mol. The molecule has 0 saturated carbocycles. The first-order chi connectivity index (χ1) is 14.5. The summed E-state index contributed by atoms with van der Waals surface area (Å²) in [4.78, 5) is 12.4. The average Bonchev–Trinajstić information content (AvgIpc) is 3.01. The van der Waals surface area contributed by atoms with Crippen molar-refractivity contribution >= 4 is 22.4 Å². The molecule has 1 heterocycles. The first-order valence-electron chi connectivity index (χ1n) is 9.70. The van der Waals surface area contributed by atoms with Gasteiger partial charge in [-0.2, -0.15) is 5.10 Å². The lowest BCUT2D eigenvalue weighted by atomic mass is 10.1. The van der Waals surface area contributed by atoms with Crippen LogP contribution in [0.4, 0.5) is 10.1 Å². The highest BCUT2D eigenvalue weighted by molar-refractivity contribution is 5.93. The summed E-state index contributed by atoms with van der Waals surface area (Å²) in [5, 5.41) is 9.48. The molecule has 0 aliphatic carbocycles. The zero-order valence-electron chi connectivity index (χ0n) is 16.9. The number of nitrogens with zero attached hydrogens (tertiary/aromatic N) is 2. The minimum atomic E-state index is -0.278. The Morgan fingerprint density at radius 2 is 1.77 bits per heavy atom. The number of amides is 1. The van der Waals surface area contributed by atoms with Crippen LogP contribution in [0.1, 0.15) is 17.0 Å². The number of nitrogens with one attached hydrogen (secondary N) is 1. The minimum Gasteiger partial charge on any atom is -0.484 e. The molecule has 3 aromatic carbocycles. The van der Waals surface area contributed by atoms with Crippen molar-refractivity contribution in [2.45, 2.75) is 20.4 Å². The number of aryl methyl sites for hydroxylation is 1. The molecule has 30 heavy (non-hydrogen) atoms. The van der Waals surface area contributed by atoms with Crippen LogP contribution in [0.2, 0.25) is 0 Å². The molecule has 0 fully saturated rings. The zero-order valence-corrected chi connectivity index (χ0v) is 16.9. The highest BCUT2D eigenvalue weighted by Gasteiger charge is 2.15. The highest BCUT2D eigenvalue weighted by Crippen LogP contribution is 2.22. The lowest BCUT2D eigenvalue weighted by molar-refractivity contribution is -0.118. The quantitative estimate of drug-likeness (QED) is 0.500. The van der Waals surface area contributed by atoms with Crippen LogP contribution in [-0.2, 0) is 11.3 Å². The predicted octanol–water partition coefficient (Wildman–Crippen LogP) is 4.86. The molecule has 0 spiro atoms. The molecule has 6 heteroatoms. The maximum absolute atomic E-state index is 14.0. The van der Waals surface area contributed by atoms with Gasteiger partial charge in [0.2, 0.25) is 0 Å². The standard InChI is InChI=1S/C24H22FN3O2/c1-16-24(17(2)28(27-16)14-20-9-5-6-10-22(20)25)26-23(29)15-30-21-12-11-18-7-3-4-8-19(18)13-21/h3-13H,14-15H2,1-2H3,(H,26,29). The first kappa shape index (κ1) is 19.6. The molecule has 0 aliphatic rings. The van der Waals surface area contributed by atoms with Crippen molar-refractivity contribution in [3.63, 3.8) is 0 Å². The van der Waals surface area contributed by atoms with Crippen molar-refractivity contribution in [3.05, 3.63) is 89.5 Å². The lowest BCUT2D eigenvalue weighted by Crippen LogP contribution is -2.21. The van der Waals surface area contributed by atoms with E-state index in [-0.39, 0.29) is 18.3 Å². The predicted molar refractivity (Wildman–Crippen MR) is 115 cm³/mol. The molecule has 4 aromatic rings. The fourth-order valence-corrected chi connectivity index (χ4v) is 3.40. The molecule has 0 unspecified atom stereocenters. The second-order valence-electron chi connectivity index (χ2n) is 7.14. The Labute approximate surface area is 174 Å². The molecular formula is C24H22FN3O2. The summed E-state index contributed by atoms with van der Waals surface area (Å²) in [5.74, 6) is 0.0757. The molecule has 152 valence electrons. The molecule has 0 bridgehead atoms. The summed E-state index contributed by atoms with van der Waals surface area (Å²) in [6, 6.07) is 20.3. The van der Waals surface area contributed by atoms with Crippen LogP contribution < -0.4 is 10.1 Å². The molecule has 0 radical (unpaired) electrons. The van der Waals surface area contributed by atoms with Gasteiger partial charge >= 0.3 is 0 Å². The fraction of sp³-hybridized carbons (Fsp3) is 0.167. The summed E-state index contributed by atoms with van der Waals surface area (Å²) < 4.78 is 21.3. The summed E-state index contributed by atoms with van der Waals surface area (Å²) in [6.07, 6.45) is 0. The van der Waals surface area contributed by atoms with Crippen LogP contribution >= 0.6 is 0 Å². The second-order valence-corrected chi connectivity index (χ2v) is 7.14. The fourth-order valence-electron chi connectivity index (χ4n) is 3.40. The number of carbonyl (C=O) groups excluding carboxylic acids is 1. The molecule has 0 aliphatic heterocycles. The van der Waals surface area contributed by atoms with E-state index < -0.39 is 0 Å². The van der Waals surface area contributed by atoms with E-state index in [4.69, 9.17) is 4.74 Å². The van der Waals surface area contributed by atoms with Crippen LogP contribution in [0.5, 0.6) is 5.75 Å². The van der Waals surface area contributed by atoms with E-state index >= 15 is 0 Å². The van der Waals surface area contributed by atoms with Crippen molar-refractivity contribution < 1.29 is 13.9 Å². The van der Waals surface area contributed by atoms with Crippen LogP contribution in [0.3, 0.4) is 0 Å². The Morgan fingerprint density at radius 1 is 1.03 bits per heavy atom. The van der Waals surface area contributed by atoms with E-state index in [0.29, 0.717) is 29.2 Å². The largest absolute Gasteiger partial charge is 0.484 e. The summed E-state index contributed by atoms with van der Waals surface area (Å²) >= 11 is 0. The molecular weight excluding hydrogens is 381 g/mol. The summed E-state index contributed by atoms with van der Waals surface area (Å²) in [7, 11) is 0. The van der Waals surface area contributed by atoms with Gasteiger partial charge in [-0.25, -0.2) is 4.39 Å². The number of benzene rings is 3. The first-order valence-corrected chi connectivity index (χ1v) is 9.70. The van der Waals surface area contributed by atoms with Gasteiger partial charge in [0, 0.05) is 5.56 Å². The maximum atomic E-state index is 14.0. The van der Waals surface area contributed by atoms with Gasteiger partial charge in [-0.05, 0) is 42.8 Å². The summed E-state index contributed by atoms with van der Waals surface area (Å²) in [6.45, 7) is 3.84. The lowest BCUT2D eigenvalue weighted by Gasteiger charge is -2.09. The van der Waals surface area contributed by atoms with Crippen LogP contribution in [0.15, 0.2) is 66.7 Å². The Balaban J connectivity index is 1.42. The number of ether oxygens (including phenoxy) is 1. The topological polar surface area (TPSA) is 56.2 Å². The van der Waals surface area contributed by atoms with Crippen molar-refractivity contribution in [1.29, 1.82) is 0 Å². The van der Waals surface area contributed by atoms with E-state index in [0.717, 1.165) is 16.5 Å². The number of aromatic nitrogens is 2. The second kappa shape index (κ2) is 8.37.